The molecule has 2 aromatic rings. The molecule has 74 valence electrons. The number of nitrogens with zero attached hydrogens (tertiary/aromatic N) is 1. The number of aromatic nitrogens is 2. The molecule has 0 aliphatic heterocycles. The Morgan fingerprint density at radius 2 is 2.50 bits per heavy atom. The molecule has 2 heterocycles. The molecule has 0 radical (unpaired) electrons. The highest BCUT2D eigenvalue weighted by atomic mass is 32.1. The van der Waals surface area contributed by atoms with E-state index < -0.39 is 0 Å². The molecule has 0 saturated carbocycles. The number of hydrogen-bond acceptors (Lipinski definition) is 2. The minimum Gasteiger partial charge on any atom is -0.469 e. The number of imidazole rings is 1. The molecule has 0 spiro atoms. The van der Waals surface area contributed by atoms with Crippen molar-refractivity contribution in [2.45, 2.75) is 19.4 Å². The van der Waals surface area contributed by atoms with E-state index in [1.807, 2.05) is 29.1 Å². The van der Waals surface area contributed by atoms with Gasteiger partial charge in [0, 0.05) is 24.9 Å². The van der Waals surface area contributed by atoms with Crippen LogP contribution in [0.15, 0.2) is 35.2 Å². The standard InChI is InChI=1S/C10H12N2OS/c1-8(7-9-3-2-6-13-9)12-5-4-11-10(12)14/h2-6,8H,7H2,1H3,(H,11,14). The zero-order valence-electron chi connectivity index (χ0n) is 7.93. The Bertz CT molecular complexity index is 441. The summed E-state index contributed by atoms with van der Waals surface area (Å²) in [5.74, 6) is 0.987. The van der Waals surface area contributed by atoms with Crippen LogP contribution in [0.5, 0.6) is 0 Å². The molecule has 0 fully saturated rings. The van der Waals surface area contributed by atoms with Crippen molar-refractivity contribution in [3.63, 3.8) is 0 Å². The fraction of sp³-hybridized carbons (Fsp3) is 0.300. The predicted molar refractivity (Wildman–Crippen MR) is 56.7 cm³/mol. The highest BCUT2D eigenvalue weighted by molar-refractivity contribution is 7.71. The van der Waals surface area contributed by atoms with E-state index in [0.717, 1.165) is 17.0 Å². The van der Waals surface area contributed by atoms with Gasteiger partial charge in [-0.1, -0.05) is 0 Å². The van der Waals surface area contributed by atoms with Crippen molar-refractivity contribution in [3.05, 3.63) is 41.3 Å². The third-order valence-corrected chi connectivity index (χ3v) is 2.56. The van der Waals surface area contributed by atoms with E-state index in [1.54, 1.807) is 6.26 Å². The lowest BCUT2D eigenvalue weighted by Gasteiger charge is -2.10. The average Bonchev–Trinajstić information content (AvgIpc) is 2.75. The first-order valence-electron chi connectivity index (χ1n) is 4.55. The first-order valence-corrected chi connectivity index (χ1v) is 4.96. The maximum absolute atomic E-state index is 5.28. The summed E-state index contributed by atoms with van der Waals surface area (Å²) in [5, 5.41) is 0. The number of rotatable bonds is 3. The SMILES string of the molecule is CC(Cc1ccco1)n1cc[nH]c1=S. The minimum atomic E-state index is 0.319. The van der Waals surface area contributed by atoms with Gasteiger partial charge in [-0.2, -0.15) is 0 Å². The zero-order valence-corrected chi connectivity index (χ0v) is 8.75. The van der Waals surface area contributed by atoms with Gasteiger partial charge in [-0.15, -0.1) is 0 Å². The summed E-state index contributed by atoms with van der Waals surface area (Å²) >= 11 is 5.13. The maximum Gasteiger partial charge on any atom is 0.177 e. The normalized spacial score (nSPS) is 12.9. The predicted octanol–water partition coefficient (Wildman–Crippen LogP) is 2.94. The molecule has 0 bridgehead atoms. The first-order chi connectivity index (χ1) is 6.77. The van der Waals surface area contributed by atoms with Gasteiger partial charge in [0.15, 0.2) is 4.77 Å². The number of H-pyrrole nitrogens is 1. The topological polar surface area (TPSA) is 33.9 Å². The van der Waals surface area contributed by atoms with Gasteiger partial charge in [0.25, 0.3) is 0 Å². The van der Waals surface area contributed by atoms with Crippen LogP contribution in [-0.4, -0.2) is 9.55 Å². The highest BCUT2D eigenvalue weighted by Gasteiger charge is 2.07. The number of aromatic amines is 1. The van der Waals surface area contributed by atoms with Crippen molar-refractivity contribution in [2.24, 2.45) is 0 Å². The largest absolute Gasteiger partial charge is 0.469 e. The first kappa shape index (κ1) is 9.27. The molecule has 0 saturated heterocycles. The summed E-state index contributed by atoms with van der Waals surface area (Å²) < 4.78 is 8.06. The average molecular weight is 208 g/mol. The van der Waals surface area contributed by atoms with E-state index in [9.17, 15) is 0 Å². The van der Waals surface area contributed by atoms with Crippen molar-refractivity contribution < 1.29 is 4.42 Å². The molecule has 0 amide bonds. The van der Waals surface area contributed by atoms with Crippen LogP contribution < -0.4 is 0 Å². The molecular formula is C10H12N2OS. The number of hydrogen-bond donors (Lipinski definition) is 1. The van der Waals surface area contributed by atoms with Crippen molar-refractivity contribution in [1.82, 2.24) is 9.55 Å². The Hall–Kier alpha value is -1.29. The molecule has 1 atom stereocenters. The van der Waals surface area contributed by atoms with Gasteiger partial charge in [0.2, 0.25) is 0 Å². The van der Waals surface area contributed by atoms with Gasteiger partial charge < -0.3 is 14.0 Å². The van der Waals surface area contributed by atoms with E-state index in [1.165, 1.54) is 0 Å². The summed E-state index contributed by atoms with van der Waals surface area (Å²) in [6.45, 7) is 2.12. The molecule has 3 nitrogen and oxygen atoms in total. The molecule has 0 aromatic carbocycles. The third-order valence-electron chi connectivity index (χ3n) is 2.23. The van der Waals surface area contributed by atoms with E-state index >= 15 is 0 Å². The lowest BCUT2D eigenvalue weighted by Crippen LogP contribution is -2.06. The van der Waals surface area contributed by atoms with Gasteiger partial charge in [-0.25, -0.2) is 0 Å². The molecular weight excluding hydrogens is 196 g/mol. The van der Waals surface area contributed by atoms with E-state index in [-0.39, 0.29) is 0 Å². The number of nitrogens with one attached hydrogen (secondary N) is 1. The third kappa shape index (κ3) is 1.80. The van der Waals surface area contributed by atoms with Crippen LogP contribution in [0.1, 0.15) is 18.7 Å². The van der Waals surface area contributed by atoms with Crippen LogP contribution in [-0.2, 0) is 6.42 Å². The van der Waals surface area contributed by atoms with Crippen LogP contribution in [0.2, 0.25) is 0 Å². The van der Waals surface area contributed by atoms with Crippen LogP contribution >= 0.6 is 12.2 Å². The Balaban J connectivity index is 2.14. The quantitative estimate of drug-likeness (QED) is 0.787. The molecule has 2 rings (SSSR count). The van der Waals surface area contributed by atoms with Gasteiger partial charge >= 0.3 is 0 Å². The monoisotopic (exact) mass is 208 g/mol. The molecule has 2 aromatic heterocycles. The van der Waals surface area contributed by atoms with Gasteiger partial charge in [0.1, 0.15) is 5.76 Å². The maximum atomic E-state index is 5.28. The number of furan rings is 1. The second kappa shape index (κ2) is 3.84. The second-order valence-electron chi connectivity index (χ2n) is 3.31. The Kier molecular flexibility index (Phi) is 2.54. The zero-order chi connectivity index (χ0) is 9.97. The second-order valence-corrected chi connectivity index (χ2v) is 3.69. The van der Waals surface area contributed by atoms with Crippen LogP contribution in [0.25, 0.3) is 0 Å². The summed E-state index contributed by atoms with van der Waals surface area (Å²) in [5.41, 5.74) is 0. The molecule has 14 heavy (non-hydrogen) atoms. The van der Waals surface area contributed by atoms with Crippen molar-refractivity contribution in [2.75, 3.05) is 0 Å². The molecule has 1 N–H and O–H groups in total. The molecule has 4 heteroatoms. The molecule has 0 aliphatic carbocycles. The lowest BCUT2D eigenvalue weighted by molar-refractivity contribution is 0.446. The Labute approximate surface area is 87.4 Å². The van der Waals surface area contributed by atoms with Gasteiger partial charge in [-0.05, 0) is 31.3 Å². The minimum absolute atomic E-state index is 0.319. The summed E-state index contributed by atoms with van der Waals surface area (Å²) in [4.78, 5) is 2.98. The molecule has 1 unspecified atom stereocenters. The summed E-state index contributed by atoms with van der Waals surface area (Å²) in [6.07, 6.45) is 6.36. The van der Waals surface area contributed by atoms with Crippen LogP contribution in [0, 0.1) is 4.77 Å². The van der Waals surface area contributed by atoms with E-state index in [2.05, 4.69) is 11.9 Å². The van der Waals surface area contributed by atoms with Crippen LogP contribution in [0.4, 0.5) is 0 Å². The van der Waals surface area contributed by atoms with Gasteiger partial charge in [-0.3, -0.25) is 0 Å². The fourth-order valence-electron chi connectivity index (χ4n) is 1.50. The van der Waals surface area contributed by atoms with E-state index in [4.69, 9.17) is 16.6 Å². The van der Waals surface area contributed by atoms with Crippen LogP contribution in [0.3, 0.4) is 0 Å². The summed E-state index contributed by atoms with van der Waals surface area (Å²) in [6, 6.07) is 4.20. The molecule has 0 aliphatic rings. The fourth-order valence-corrected chi connectivity index (χ4v) is 1.81. The highest BCUT2D eigenvalue weighted by Crippen LogP contribution is 2.14. The van der Waals surface area contributed by atoms with Crippen molar-refractivity contribution in [3.8, 4) is 0 Å². The Morgan fingerprint density at radius 3 is 3.07 bits per heavy atom. The smallest absolute Gasteiger partial charge is 0.177 e. The summed E-state index contributed by atoms with van der Waals surface area (Å²) in [7, 11) is 0. The van der Waals surface area contributed by atoms with Crippen molar-refractivity contribution in [1.29, 1.82) is 0 Å². The van der Waals surface area contributed by atoms with Crippen molar-refractivity contribution >= 4 is 12.2 Å². The Morgan fingerprint density at radius 1 is 1.64 bits per heavy atom. The van der Waals surface area contributed by atoms with E-state index in [0.29, 0.717) is 6.04 Å². The van der Waals surface area contributed by atoms with Gasteiger partial charge in [0.05, 0.1) is 6.26 Å². The lowest BCUT2D eigenvalue weighted by atomic mass is 10.2.